The third-order valence-corrected chi connectivity index (χ3v) is 5.94. The first-order valence-electron chi connectivity index (χ1n) is 9.95. The van der Waals surface area contributed by atoms with Crippen LogP contribution in [0.3, 0.4) is 0 Å². The van der Waals surface area contributed by atoms with E-state index in [0.29, 0.717) is 12.1 Å². The lowest BCUT2D eigenvalue weighted by molar-refractivity contribution is 0.0898. The normalized spacial score (nSPS) is 16.3. The largest absolute Gasteiger partial charge is 0.350 e. The molecule has 1 aromatic heterocycles. The standard InChI is InChI=1S/C22H32N4O/c1-16(2)20-19(14-24-26(20)18-10-8-17(3)9-11-18)21(27)23-15-22(25(4)5)12-6-7-13-22/h8-11,14,16H,6-7,12-13,15H2,1-5H3,(H,23,27). The fraction of sp³-hybridized carbons (Fsp3) is 0.545. The van der Waals surface area contributed by atoms with E-state index < -0.39 is 0 Å². The fourth-order valence-electron chi connectivity index (χ4n) is 4.14. The molecule has 1 aromatic carbocycles. The van der Waals surface area contributed by atoms with E-state index in [2.05, 4.69) is 74.4 Å². The molecule has 0 atom stereocenters. The number of benzene rings is 1. The molecule has 1 heterocycles. The molecule has 0 spiro atoms. The van der Waals surface area contributed by atoms with Crippen molar-refractivity contribution in [2.75, 3.05) is 20.6 Å². The molecule has 1 aliphatic rings. The molecular formula is C22H32N4O. The summed E-state index contributed by atoms with van der Waals surface area (Å²) in [5.41, 5.74) is 3.92. The fourth-order valence-corrected chi connectivity index (χ4v) is 4.14. The van der Waals surface area contributed by atoms with Crippen molar-refractivity contribution in [2.24, 2.45) is 0 Å². The van der Waals surface area contributed by atoms with Gasteiger partial charge in [0.25, 0.3) is 5.91 Å². The van der Waals surface area contributed by atoms with E-state index in [1.54, 1.807) is 6.20 Å². The summed E-state index contributed by atoms with van der Waals surface area (Å²) in [5, 5.41) is 7.73. The Morgan fingerprint density at radius 1 is 1.22 bits per heavy atom. The Morgan fingerprint density at radius 2 is 1.85 bits per heavy atom. The van der Waals surface area contributed by atoms with Gasteiger partial charge in [-0.05, 0) is 51.9 Å². The van der Waals surface area contributed by atoms with E-state index in [9.17, 15) is 4.79 Å². The molecule has 0 radical (unpaired) electrons. The summed E-state index contributed by atoms with van der Waals surface area (Å²) >= 11 is 0. The monoisotopic (exact) mass is 368 g/mol. The van der Waals surface area contributed by atoms with Gasteiger partial charge in [-0.25, -0.2) is 4.68 Å². The van der Waals surface area contributed by atoms with Crippen LogP contribution in [0.25, 0.3) is 5.69 Å². The van der Waals surface area contributed by atoms with Gasteiger partial charge in [0.1, 0.15) is 0 Å². The van der Waals surface area contributed by atoms with Crippen LogP contribution in [-0.2, 0) is 0 Å². The number of hydrogen-bond acceptors (Lipinski definition) is 3. The number of amides is 1. The summed E-state index contributed by atoms with van der Waals surface area (Å²) in [6, 6.07) is 8.24. The predicted molar refractivity (Wildman–Crippen MR) is 110 cm³/mol. The molecule has 1 N–H and O–H groups in total. The predicted octanol–water partition coefficient (Wildman–Crippen LogP) is 3.91. The number of nitrogens with zero attached hydrogens (tertiary/aromatic N) is 3. The summed E-state index contributed by atoms with van der Waals surface area (Å²) in [6.45, 7) is 6.97. The highest BCUT2D eigenvalue weighted by atomic mass is 16.1. The number of hydrogen-bond donors (Lipinski definition) is 1. The number of rotatable bonds is 6. The molecule has 0 bridgehead atoms. The summed E-state index contributed by atoms with van der Waals surface area (Å²) in [7, 11) is 4.24. The van der Waals surface area contributed by atoms with E-state index in [0.717, 1.165) is 24.2 Å². The van der Waals surface area contributed by atoms with Crippen LogP contribution >= 0.6 is 0 Å². The van der Waals surface area contributed by atoms with Crippen molar-refractivity contribution in [3.8, 4) is 5.69 Å². The number of aryl methyl sites for hydroxylation is 1. The highest BCUT2D eigenvalue weighted by Crippen LogP contribution is 2.33. The Hall–Kier alpha value is -2.14. The van der Waals surface area contributed by atoms with Gasteiger partial charge in [0.2, 0.25) is 0 Å². The lowest BCUT2D eigenvalue weighted by atomic mass is 9.95. The molecule has 2 aromatic rings. The minimum atomic E-state index is -0.0230. The highest BCUT2D eigenvalue weighted by molar-refractivity contribution is 5.95. The lowest BCUT2D eigenvalue weighted by Gasteiger charge is -2.36. The van der Waals surface area contributed by atoms with Crippen molar-refractivity contribution in [3.63, 3.8) is 0 Å². The zero-order chi connectivity index (χ0) is 19.6. The van der Waals surface area contributed by atoms with Crippen LogP contribution in [0.4, 0.5) is 0 Å². The van der Waals surface area contributed by atoms with Gasteiger partial charge in [-0.1, -0.05) is 44.4 Å². The molecule has 0 aliphatic heterocycles. The number of nitrogens with one attached hydrogen (secondary N) is 1. The van der Waals surface area contributed by atoms with Crippen molar-refractivity contribution in [3.05, 3.63) is 47.3 Å². The van der Waals surface area contributed by atoms with Gasteiger partial charge < -0.3 is 10.2 Å². The second-order valence-electron chi connectivity index (χ2n) is 8.35. The van der Waals surface area contributed by atoms with Crippen molar-refractivity contribution in [1.29, 1.82) is 0 Å². The number of carbonyl (C=O) groups is 1. The smallest absolute Gasteiger partial charge is 0.254 e. The minimum Gasteiger partial charge on any atom is -0.350 e. The summed E-state index contributed by atoms with van der Waals surface area (Å²) in [6.07, 6.45) is 6.45. The average molecular weight is 369 g/mol. The average Bonchev–Trinajstić information content (AvgIpc) is 3.28. The molecular weight excluding hydrogens is 336 g/mol. The molecule has 0 unspecified atom stereocenters. The van der Waals surface area contributed by atoms with Crippen LogP contribution in [0, 0.1) is 6.92 Å². The van der Waals surface area contributed by atoms with Crippen molar-refractivity contribution in [2.45, 2.75) is 57.9 Å². The van der Waals surface area contributed by atoms with E-state index in [1.807, 2.05) is 4.68 Å². The van der Waals surface area contributed by atoms with Gasteiger partial charge in [0, 0.05) is 12.1 Å². The number of carbonyl (C=O) groups excluding carboxylic acids is 1. The number of aromatic nitrogens is 2. The van der Waals surface area contributed by atoms with Crippen LogP contribution in [0.1, 0.15) is 67.1 Å². The van der Waals surface area contributed by atoms with Crippen molar-refractivity contribution in [1.82, 2.24) is 20.0 Å². The first kappa shape index (κ1) is 19.6. The Labute approximate surface area is 162 Å². The molecule has 0 saturated heterocycles. The van der Waals surface area contributed by atoms with Crippen LogP contribution in [0.15, 0.2) is 30.5 Å². The van der Waals surface area contributed by atoms with Gasteiger partial charge in [-0.3, -0.25) is 4.79 Å². The van der Waals surface area contributed by atoms with E-state index in [-0.39, 0.29) is 17.4 Å². The van der Waals surface area contributed by atoms with Crippen molar-refractivity contribution < 1.29 is 4.79 Å². The highest BCUT2D eigenvalue weighted by Gasteiger charge is 2.36. The summed E-state index contributed by atoms with van der Waals surface area (Å²) in [5.74, 6) is 0.175. The van der Waals surface area contributed by atoms with Crippen LogP contribution in [-0.4, -0.2) is 46.8 Å². The second kappa shape index (κ2) is 7.85. The maximum Gasteiger partial charge on any atom is 0.254 e. The van der Waals surface area contributed by atoms with Gasteiger partial charge in [-0.15, -0.1) is 0 Å². The Kier molecular flexibility index (Phi) is 5.70. The van der Waals surface area contributed by atoms with E-state index in [4.69, 9.17) is 0 Å². The lowest BCUT2D eigenvalue weighted by Crippen LogP contribution is -2.50. The Balaban J connectivity index is 1.83. The first-order valence-corrected chi connectivity index (χ1v) is 9.95. The molecule has 3 rings (SSSR count). The van der Waals surface area contributed by atoms with Crippen LogP contribution in [0.2, 0.25) is 0 Å². The zero-order valence-corrected chi connectivity index (χ0v) is 17.2. The molecule has 27 heavy (non-hydrogen) atoms. The molecule has 1 fully saturated rings. The Bertz CT molecular complexity index is 783. The van der Waals surface area contributed by atoms with Gasteiger partial charge >= 0.3 is 0 Å². The number of likely N-dealkylation sites (N-methyl/N-ethyl adjacent to an activating group) is 1. The molecule has 1 aliphatic carbocycles. The van der Waals surface area contributed by atoms with Gasteiger partial charge in [-0.2, -0.15) is 5.10 Å². The van der Waals surface area contributed by atoms with Gasteiger partial charge in [0.15, 0.2) is 0 Å². The van der Waals surface area contributed by atoms with Crippen molar-refractivity contribution >= 4 is 5.91 Å². The third-order valence-electron chi connectivity index (χ3n) is 5.94. The van der Waals surface area contributed by atoms with Crippen LogP contribution < -0.4 is 5.32 Å². The molecule has 5 heteroatoms. The van der Waals surface area contributed by atoms with Crippen LogP contribution in [0.5, 0.6) is 0 Å². The SMILES string of the molecule is Cc1ccc(-n2ncc(C(=O)NCC3(N(C)C)CCCC3)c2C(C)C)cc1. The topological polar surface area (TPSA) is 50.2 Å². The zero-order valence-electron chi connectivity index (χ0n) is 17.2. The molecule has 146 valence electrons. The maximum atomic E-state index is 13.0. The molecule has 1 amide bonds. The summed E-state index contributed by atoms with van der Waals surface area (Å²) in [4.78, 5) is 15.3. The first-order chi connectivity index (χ1) is 12.8. The molecule has 1 saturated carbocycles. The van der Waals surface area contributed by atoms with Gasteiger partial charge in [0.05, 0.1) is 23.1 Å². The molecule has 5 nitrogen and oxygen atoms in total. The second-order valence-corrected chi connectivity index (χ2v) is 8.35. The quantitative estimate of drug-likeness (QED) is 0.841. The third kappa shape index (κ3) is 3.93. The van der Waals surface area contributed by atoms with E-state index in [1.165, 1.54) is 18.4 Å². The maximum absolute atomic E-state index is 13.0. The Morgan fingerprint density at radius 3 is 2.41 bits per heavy atom. The van der Waals surface area contributed by atoms with E-state index >= 15 is 0 Å². The summed E-state index contributed by atoms with van der Waals surface area (Å²) < 4.78 is 1.90. The minimum absolute atomic E-state index is 0.0230.